The number of nitriles is 1. The van der Waals surface area contributed by atoms with Crippen LogP contribution in [-0.4, -0.2) is 48.6 Å². The molecular formula is C15H27N3. The molecule has 1 aliphatic heterocycles. The van der Waals surface area contributed by atoms with Crippen LogP contribution in [0, 0.1) is 17.2 Å². The van der Waals surface area contributed by atoms with E-state index in [2.05, 4.69) is 29.8 Å². The molecule has 3 unspecified atom stereocenters. The van der Waals surface area contributed by atoms with Crippen molar-refractivity contribution in [3.8, 4) is 6.07 Å². The monoisotopic (exact) mass is 249 g/mol. The molecule has 1 heterocycles. The van der Waals surface area contributed by atoms with Crippen LogP contribution in [0.15, 0.2) is 0 Å². The standard InChI is InChI=1S/C15H27N3/c1-3-14-12-17(2)9-6-10-18(14)15-8-5-4-7-13(15)11-16/h13-15H,3-10,12H2,1-2H3. The van der Waals surface area contributed by atoms with Gasteiger partial charge in [-0.2, -0.15) is 5.26 Å². The molecule has 3 nitrogen and oxygen atoms in total. The molecule has 0 amide bonds. The SMILES string of the molecule is CCC1CN(C)CCCN1C1CCCCC1C#N. The summed E-state index contributed by atoms with van der Waals surface area (Å²) in [7, 11) is 2.23. The van der Waals surface area contributed by atoms with E-state index in [1.54, 1.807) is 0 Å². The van der Waals surface area contributed by atoms with Crippen molar-refractivity contribution < 1.29 is 0 Å². The Morgan fingerprint density at radius 2 is 1.94 bits per heavy atom. The van der Waals surface area contributed by atoms with E-state index in [1.807, 2.05) is 0 Å². The van der Waals surface area contributed by atoms with Crippen LogP contribution < -0.4 is 0 Å². The summed E-state index contributed by atoms with van der Waals surface area (Å²) in [5, 5.41) is 9.39. The fourth-order valence-corrected chi connectivity index (χ4v) is 3.72. The summed E-state index contributed by atoms with van der Waals surface area (Å²) in [5.74, 6) is 0.274. The van der Waals surface area contributed by atoms with E-state index in [9.17, 15) is 5.26 Å². The van der Waals surface area contributed by atoms with Crippen molar-refractivity contribution in [3.63, 3.8) is 0 Å². The Morgan fingerprint density at radius 3 is 2.67 bits per heavy atom. The maximum atomic E-state index is 9.39. The predicted molar refractivity (Wildman–Crippen MR) is 74.3 cm³/mol. The minimum Gasteiger partial charge on any atom is -0.305 e. The first-order chi connectivity index (χ1) is 8.76. The highest BCUT2D eigenvalue weighted by molar-refractivity contribution is 4.98. The van der Waals surface area contributed by atoms with Crippen LogP contribution in [0.3, 0.4) is 0 Å². The molecule has 0 bridgehead atoms. The van der Waals surface area contributed by atoms with E-state index >= 15 is 0 Å². The zero-order valence-corrected chi connectivity index (χ0v) is 11.9. The lowest BCUT2D eigenvalue weighted by Crippen LogP contribution is -2.49. The Labute approximate surface area is 112 Å². The third kappa shape index (κ3) is 3.05. The Bertz CT molecular complexity index is 297. The molecule has 18 heavy (non-hydrogen) atoms. The van der Waals surface area contributed by atoms with E-state index in [0.717, 1.165) is 6.42 Å². The predicted octanol–water partition coefficient (Wildman–Crippen LogP) is 2.48. The molecule has 3 atom stereocenters. The van der Waals surface area contributed by atoms with Gasteiger partial charge in [-0.15, -0.1) is 0 Å². The molecule has 2 aliphatic rings. The lowest BCUT2D eigenvalue weighted by atomic mass is 9.83. The molecule has 1 saturated carbocycles. The van der Waals surface area contributed by atoms with Gasteiger partial charge in [0.15, 0.2) is 0 Å². The summed E-state index contributed by atoms with van der Waals surface area (Å²) >= 11 is 0. The summed E-state index contributed by atoms with van der Waals surface area (Å²) < 4.78 is 0. The van der Waals surface area contributed by atoms with Crippen molar-refractivity contribution in [2.24, 2.45) is 5.92 Å². The molecule has 1 aliphatic carbocycles. The molecule has 0 aromatic carbocycles. The molecule has 0 spiro atoms. The van der Waals surface area contributed by atoms with Crippen molar-refractivity contribution in [2.75, 3.05) is 26.7 Å². The van der Waals surface area contributed by atoms with Crippen LogP contribution in [0.4, 0.5) is 0 Å². The van der Waals surface area contributed by atoms with Crippen molar-refractivity contribution in [2.45, 2.75) is 57.5 Å². The summed E-state index contributed by atoms with van der Waals surface area (Å²) in [6.45, 7) is 5.86. The molecule has 1 saturated heterocycles. The van der Waals surface area contributed by atoms with Gasteiger partial charge < -0.3 is 4.90 Å². The van der Waals surface area contributed by atoms with Gasteiger partial charge in [0.2, 0.25) is 0 Å². The van der Waals surface area contributed by atoms with Gasteiger partial charge in [0.05, 0.1) is 12.0 Å². The minimum atomic E-state index is 0.274. The smallest absolute Gasteiger partial charge is 0.0672 e. The van der Waals surface area contributed by atoms with Gasteiger partial charge in [0, 0.05) is 25.2 Å². The fraction of sp³-hybridized carbons (Fsp3) is 0.933. The van der Waals surface area contributed by atoms with Crippen LogP contribution in [0.5, 0.6) is 0 Å². The molecule has 0 aromatic rings. The van der Waals surface area contributed by atoms with Crippen LogP contribution in [-0.2, 0) is 0 Å². The first kappa shape index (κ1) is 13.8. The van der Waals surface area contributed by atoms with Crippen molar-refractivity contribution in [1.82, 2.24) is 9.80 Å². The van der Waals surface area contributed by atoms with Gasteiger partial charge in [-0.05, 0) is 39.3 Å². The Balaban J connectivity index is 2.10. The number of rotatable bonds is 2. The second kappa shape index (κ2) is 6.54. The van der Waals surface area contributed by atoms with E-state index < -0.39 is 0 Å². The van der Waals surface area contributed by atoms with Crippen molar-refractivity contribution in [3.05, 3.63) is 0 Å². The first-order valence-electron chi connectivity index (χ1n) is 7.60. The summed E-state index contributed by atoms with van der Waals surface area (Å²) in [5.41, 5.74) is 0. The third-order valence-electron chi connectivity index (χ3n) is 4.74. The van der Waals surface area contributed by atoms with E-state index in [1.165, 1.54) is 51.7 Å². The highest BCUT2D eigenvalue weighted by Gasteiger charge is 2.34. The zero-order valence-electron chi connectivity index (χ0n) is 11.9. The highest BCUT2D eigenvalue weighted by atomic mass is 15.3. The summed E-state index contributed by atoms with van der Waals surface area (Å²) in [6, 6.07) is 3.75. The molecule has 0 radical (unpaired) electrons. The Morgan fingerprint density at radius 1 is 1.17 bits per heavy atom. The van der Waals surface area contributed by atoms with Gasteiger partial charge in [0.1, 0.15) is 0 Å². The average molecular weight is 249 g/mol. The maximum Gasteiger partial charge on any atom is 0.0672 e. The van der Waals surface area contributed by atoms with Crippen LogP contribution in [0.1, 0.15) is 45.4 Å². The van der Waals surface area contributed by atoms with Gasteiger partial charge in [-0.25, -0.2) is 0 Å². The molecule has 0 aromatic heterocycles. The average Bonchev–Trinajstić information content (AvgIpc) is 2.60. The molecule has 2 rings (SSSR count). The number of hydrogen-bond donors (Lipinski definition) is 0. The Kier molecular flexibility index (Phi) is 5.03. The molecular weight excluding hydrogens is 222 g/mol. The van der Waals surface area contributed by atoms with Gasteiger partial charge >= 0.3 is 0 Å². The zero-order chi connectivity index (χ0) is 13.0. The van der Waals surface area contributed by atoms with Gasteiger partial charge in [-0.3, -0.25) is 4.90 Å². The van der Waals surface area contributed by atoms with Crippen molar-refractivity contribution in [1.29, 1.82) is 5.26 Å². The van der Waals surface area contributed by atoms with Gasteiger partial charge in [0.25, 0.3) is 0 Å². The topological polar surface area (TPSA) is 30.3 Å². The normalized spacial score (nSPS) is 35.9. The van der Waals surface area contributed by atoms with Gasteiger partial charge in [-0.1, -0.05) is 19.8 Å². The minimum absolute atomic E-state index is 0.274. The fourth-order valence-electron chi connectivity index (χ4n) is 3.72. The van der Waals surface area contributed by atoms with E-state index in [-0.39, 0.29) is 5.92 Å². The third-order valence-corrected chi connectivity index (χ3v) is 4.74. The molecule has 2 fully saturated rings. The quantitative estimate of drug-likeness (QED) is 0.753. The molecule has 0 N–H and O–H groups in total. The largest absolute Gasteiger partial charge is 0.305 e. The molecule has 102 valence electrons. The second-order valence-corrected chi connectivity index (χ2v) is 6.00. The second-order valence-electron chi connectivity index (χ2n) is 6.00. The molecule has 3 heteroatoms. The van der Waals surface area contributed by atoms with Crippen LogP contribution in [0.2, 0.25) is 0 Å². The Hall–Kier alpha value is -0.590. The lowest BCUT2D eigenvalue weighted by Gasteiger charge is -2.41. The van der Waals surface area contributed by atoms with E-state index in [0.29, 0.717) is 12.1 Å². The maximum absolute atomic E-state index is 9.39. The van der Waals surface area contributed by atoms with Crippen LogP contribution in [0.25, 0.3) is 0 Å². The lowest BCUT2D eigenvalue weighted by molar-refractivity contribution is 0.0795. The van der Waals surface area contributed by atoms with Crippen LogP contribution >= 0.6 is 0 Å². The van der Waals surface area contributed by atoms with Crippen molar-refractivity contribution >= 4 is 0 Å². The summed E-state index contributed by atoms with van der Waals surface area (Å²) in [4.78, 5) is 5.13. The summed E-state index contributed by atoms with van der Waals surface area (Å²) in [6.07, 6.45) is 7.37. The number of hydrogen-bond acceptors (Lipinski definition) is 3. The number of nitrogens with zero attached hydrogens (tertiary/aromatic N) is 3. The number of likely N-dealkylation sites (N-methyl/N-ethyl adjacent to an activating group) is 1. The first-order valence-corrected chi connectivity index (χ1v) is 7.60. The highest BCUT2D eigenvalue weighted by Crippen LogP contribution is 2.31. The van der Waals surface area contributed by atoms with E-state index in [4.69, 9.17) is 0 Å².